The number of anilines is 1. The van der Waals surface area contributed by atoms with E-state index >= 15 is 0 Å². The van der Waals surface area contributed by atoms with Crippen LogP contribution in [-0.4, -0.2) is 16.8 Å². The van der Waals surface area contributed by atoms with E-state index in [4.69, 9.17) is 16.4 Å². The van der Waals surface area contributed by atoms with Crippen molar-refractivity contribution in [3.63, 3.8) is 0 Å². The summed E-state index contributed by atoms with van der Waals surface area (Å²) in [5, 5.41) is 0. The lowest BCUT2D eigenvalue weighted by molar-refractivity contribution is 0.595. The molecule has 4 aromatic carbocycles. The lowest BCUT2D eigenvalue weighted by atomic mass is 10.2. The zero-order valence-electron chi connectivity index (χ0n) is 20.1. The molecule has 0 radical (unpaired) electrons. The summed E-state index contributed by atoms with van der Waals surface area (Å²) in [7, 11) is -1.73. The molecule has 0 fully saturated rings. The molecule has 0 bridgehead atoms. The number of hydrogen-bond donors (Lipinski definition) is 1. The molecule has 0 atom stereocenters. The number of rotatable bonds is 4. The number of benzene rings is 4. The van der Waals surface area contributed by atoms with E-state index in [0.717, 1.165) is 31.3 Å². The molecule has 196 valence electrons. The van der Waals surface area contributed by atoms with E-state index in [1.54, 1.807) is 24.3 Å². The third-order valence-electron chi connectivity index (χ3n) is 4.78. The Bertz CT molecular complexity index is 1510. The van der Waals surface area contributed by atoms with Gasteiger partial charge in [-0.05, 0) is 74.0 Å². The van der Waals surface area contributed by atoms with Crippen molar-refractivity contribution >= 4 is 67.1 Å². The van der Waals surface area contributed by atoms with Crippen LogP contribution < -0.4 is 5.73 Å². The molecule has 0 heterocycles. The van der Waals surface area contributed by atoms with Gasteiger partial charge in [-0.15, -0.1) is 0 Å². The Hall–Kier alpha value is -2.17. The molecule has 5 nitrogen and oxygen atoms in total. The Morgan fingerprint density at radius 3 is 1.54 bits per heavy atom. The minimum absolute atomic E-state index is 0.0233. The van der Waals surface area contributed by atoms with E-state index in [-0.39, 0.29) is 10.6 Å². The Kier molecular flexibility index (Phi) is 11.8. The Balaban J connectivity index is 0.000000215. The van der Waals surface area contributed by atoms with Gasteiger partial charge < -0.3 is 5.73 Å². The highest BCUT2D eigenvalue weighted by atomic mass is 79.9. The summed E-state index contributed by atoms with van der Waals surface area (Å²) >= 11 is 6.62. The van der Waals surface area contributed by atoms with E-state index in [0.29, 0.717) is 4.90 Å². The number of halogens is 3. The second-order valence-electron chi connectivity index (χ2n) is 8.01. The standard InChI is InChI=1S/C14H13BrO2S.C7H7ClO2S.C6H6BrN/c1-11-5-7-14(8-6-11)18(16,17)10-12-3-2-4-13(15)9-12;1-6-2-4-7(5-3-6)11(8,9)10;7-5-2-1-3-6(8)4-5/h2-9H,10H2,1H3;2-5H,1H3;1-4H,8H2. The predicted molar refractivity (Wildman–Crippen MR) is 159 cm³/mol. The molecule has 0 spiro atoms. The third kappa shape index (κ3) is 11.4. The summed E-state index contributed by atoms with van der Waals surface area (Å²) in [6, 6.07) is 28.2. The van der Waals surface area contributed by atoms with Crippen LogP contribution in [0, 0.1) is 13.8 Å². The summed E-state index contributed by atoms with van der Waals surface area (Å²) in [4.78, 5) is 0.512. The van der Waals surface area contributed by atoms with Crippen molar-refractivity contribution in [3.8, 4) is 0 Å². The van der Waals surface area contributed by atoms with Crippen molar-refractivity contribution in [3.05, 3.63) is 123 Å². The molecule has 0 aliphatic rings. The fourth-order valence-corrected chi connectivity index (χ4v) is 5.85. The van der Waals surface area contributed by atoms with E-state index in [1.807, 2.05) is 74.5 Å². The number of sulfone groups is 1. The fourth-order valence-electron chi connectivity index (χ4n) is 2.88. The molecule has 10 heteroatoms. The average molecular weight is 688 g/mol. The van der Waals surface area contributed by atoms with Gasteiger partial charge in [0.15, 0.2) is 9.84 Å². The Morgan fingerprint density at radius 1 is 0.676 bits per heavy atom. The van der Waals surface area contributed by atoms with Crippen LogP contribution in [0.25, 0.3) is 0 Å². The van der Waals surface area contributed by atoms with Crippen molar-refractivity contribution in [2.24, 2.45) is 0 Å². The summed E-state index contributed by atoms with van der Waals surface area (Å²) in [5.41, 5.74) is 9.06. The van der Waals surface area contributed by atoms with Crippen LogP contribution >= 0.6 is 42.5 Å². The van der Waals surface area contributed by atoms with Crippen molar-refractivity contribution in [1.82, 2.24) is 0 Å². The first-order valence-corrected chi connectivity index (χ1v) is 16.4. The van der Waals surface area contributed by atoms with Gasteiger partial charge in [-0.1, -0.05) is 85.5 Å². The summed E-state index contributed by atoms with van der Waals surface area (Å²) < 4.78 is 47.8. The normalized spacial score (nSPS) is 10.9. The maximum Gasteiger partial charge on any atom is 0.261 e. The molecule has 0 aliphatic heterocycles. The fraction of sp³-hybridized carbons (Fsp3) is 0.111. The van der Waals surface area contributed by atoms with Crippen LogP contribution in [0.15, 0.2) is 116 Å². The Morgan fingerprint density at radius 2 is 1.14 bits per heavy atom. The highest BCUT2D eigenvalue weighted by molar-refractivity contribution is 9.10. The van der Waals surface area contributed by atoms with Gasteiger partial charge in [-0.3, -0.25) is 0 Å². The van der Waals surface area contributed by atoms with Crippen molar-refractivity contribution in [2.45, 2.75) is 29.4 Å². The van der Waals surface area contributed by atoms with E-state index in [1.165, 1.54) is 12.1 Å². The van der Waals surface area contributed by atoms with E-state index in [2.05, 4.69) is 31.9 Å². The van der Waals surface area contributed by atoms with Crippen LogP contribution in [-0.2, 0) is 24.6 Å². The summed E-state index contributed by atoms with van der Waals surface area (Å²) in [5.74, 6) is 0.0233. The van der Waals surface area contributed by atoms with Gasteiger partial charge in [0, 0.05) is 25.3 Å². The molecule has 37 heavy (non-hydrogen) atoms. The molecule has 4 aromatic rings. The molecule has 0 aromatic heterocycles. The van der Waals surface area contributed by atoms with Crippen LogP contribution in [0.1, 0.15) is 16.7 Å². The molecule has 0 unspecified atom stereocenters. The monoisotopic (exact) mass is 685 g/mol. The van der Waals surface area contributed by atoms with E-state index < -0.39 is 18.9 Å². The first kappa shape index (κ1) is 31.1. The van der Waals surface area contributed by atoms with Gasteiger partial charge >= 0.3 is 0 Å². The smallest absolute Gasteiger partial charge is 0.261 e. The van der Waals surface area contributed by atoms with E-state index in [9.17, 15) is 16.8 Å². The number of aryl methyl sites for hydroxylation is 2. The number of hydrogen-bond acceptors (Lipinski definition) is 5. The highest BCUT2D eigenvalue weighted by Gasteiger charge is 2.15. The Labute approximate surface area is 240 Å². The van der Waals surface area contributed by atoms with Gasteiger partial charge in [0.2, 0.25) is 0 Å². The molecule has 4 rings (SSSR count). The maximum absolute atomic E-state index is 12.2. The number of nitrogens with two attached hydrogens (primary N) is 1. The quantitative estimate of drug-likeness (QED) is 0.176. The van der Waals surface area contributed by atoms with Gasteiger partial charge in [0.1, 0.15) is 0 Å². The minimum Gasteiger partial charge on any atom is -0.399 e. The minimum atomic E-state index is -3.55. The molecule has 2 N–H and O–H groups in total. The molecular weight excluding hydrogens is 662 g/mol. The van der Waals surface area contributed by atoms with Gasteiger partial charge in [0.05, 0.1) is 15.5 Å². The first-order valence-electron chi connectivity index (χ1n) is 10.8. The maximum atomic E-state index is 12.2. The molecule has 0 saturated carbocycles. The van der Waals surface area contributed by atoms with Gasteiger partial charge in [0.25, 0.3) is 9.05 Å². The van der Waals surface area contributed by atoms with Gasteiger partial charge in [-0.25, -0.2) is 16.8 Å². The van der Waals surface area contributed by atoms with Gasteiger partial charge in [-0.2, -0.15) is 0 Å². The SMILES string of the molecule is Cc1ccc(S(=O)(=O)Cc2cccc(Br)c2)cc1.Cc1ccc(S(=O)(=O)Cl)cc1.Nc1cccc(Br)c1. The summed E-state index contributed by atoms with van der Waals surface area (Å²) in [6.45, 7) is 3.81. The molecular formula is C27H26Br2ClNO4S2. The lowest BCUT2D eigenvalue weighted by Gasteiger charge is -2.05. The van der Waals surface area contributed by atoms with Crippen LogP contribution in [0.5, 0.6) is 0 Å². The second-order valence-corrected chi connectivity index (χ2v) is 14.4. The average Bonchev–Trinajstić information content (AvgIpc) is 2.79. The molecule has 0 saturated heterocycles. The first-order chi connectivity index (χ1) is 17.3. The van der Waals surface area contributed by atoms with Crippen LogP contribution in [0.2, 0.25) is 0 Å². The molecule has 0 amide bonds. The van der Waals surface area contributed by atoms with Crippen molar-refractivity contribution < 1.29 is 16.8 Å². The number of nitrogen functional groups attached to an aromatic ring is 1. The topological polar surface area (TPSA) is 94.3 Å². The zero-order chi connectivity index (χ0) is 27.6. The lowest BCUT2D eigenvalue weighted by Crippen LogP contribution is -2.04. The third-order valence-corrected chi connectivity index (χ3v) is 8.84. The predicted octanol–water partition coefficient (Wildman–Crippen LogP) is 7.69. The zero-order valence-corrected chi connectivity index (χ0v) is 25.7. The largest absolute Gasteiger partial charge is 0.399 e. The van der Waals surface area contributed by atoms with Crippen LogP contribution in [0.4, 0.5) is 5.69 Å². The second kappa shape index (κ2) is 14.1. The van der Waals surface area contributed by atoms with Crippen LogP contribution in [0.3, 0.4) is 0 Å². The highest BCUT2D eigenvalue weighted by Crippen LogP contribution is 2.19. The summed E-state index contributed by atoms with van der Waals surface area (Å²) in [6.07, 6.45) is 0. The molecule has 0 aliphatic carbocycles. The van der Waals surface area contributed by atoms with Crippen molar-refractivity contribution in [1.29, 1.82) is 0 Å². The van der Waals surface area contributed by atoms with Crippen molar-refractivity contribution in [2.75, 3.05) is 5.73 Å².